The Morgan fingerprint density at radius 1 is 0.298 bits per heavy atom. The summed E-state index contributed by atoms with van der Waals surface area (Å²) in [6.45, 7) is 1.81. The van der Waals surface area contributed by atoms with Crippen LogP contribution in [0.25, 0.3) is 0 Å². The zero-order valence-electron chi connectivity index (χ0n) is 31.5. The Bertz CT molecular complexity index is 1030. The molecule has 0 saturated heterocycles. The second kappa shape index (κ2) is 42.0. The van der Waals surface area contributed by atoms with Gasteiger partial charge in [0.15, 0.2) is 0 Å². The average molecular weight is 838 g/mol. The molecule has 0 spiro atoms. The molecule has 0 radical (unpaired) electrons. The van der Waals surface area contributed by atoms with E-state index in [1.54, 1.807) is 0 Å². The zero-order chi connectivity index (χ0) is 46.3. The minimum Gasteiger partial charge on any atom is -0.481 e. The second-order valence-corrected chi connectivity index (χ2v) is 11.3. The largest absolute Gasteiger partial charge is 0.481 e. The van der Waals surface area contributed by atoms with Crippen molar-refractivity contribution >= 4 is 53.7 Å². The summed E-state index contributed by atoms with van der Waals surface area (Å²) in [4.78, 5) is 89.3. The highest BCUT2D eigenvalue weighted by molar-refractivity contribution is 5.81. The van der Waals surface area contributed by atoms with Gasteiger partial charge in [-0.15, -0.1) is 0 Å². The van der Waals surface area contributed by atoms with Gasteiger partial charge in [0.1, 0.15) is 36.3 Å². The van der Waals surface area contributed by atoms with Crippen molar-refractivity contribution < 1.29 is 89.1 Å². The SMILES string of the molecule is NCCCC[C@H](N)C(=O)O.NCCCC[C@H](N)C(=O)O.NCCCC[C@H](N)C(=O)O.N[C@@H](CC(=O)O)C(=O)O.N[C@@H](CC(=O)O)C(=O)O.N[C@@H](CC(=O)O)C(=O)O. The van der Waals surface area contributed by atoms with Gasteiger partial charge in [-0.2, -0.15) is 0 Å². The van der Waals surface area contributed by atoms with Gasteiger partial charge in [-0.25, -0.2) is 0 Å². The van der Waals surface area contributed by atoms with Crippen LogP contribution in [-0.4, -0.2) is 156 Å². The lowest BCUT2D eigenvalue weighted by atomic mass is 10.1. The van der Waals surface area contributed by atoms with Gasteiger partial charge in [0.05, 0.1) is 19.3 Å². The quantitative estimate of drug-likeness (QED) is 0.0406. The Balaban J connectivity index is -0.000000137. The lowest BCUT2D eigenvalue weighted by Crippen LogP contribution is -2.32. The molecule has 0 heterocycles. The van der Waals surface area contributed by atoms with E-state index in [-0.39, 0.29) is 0 Å². The Labute approximate surface area is 327 Å². The molecule has 0 unspecified atom stereocenters. The van der Waals surface area contributed by atoms with Crippen LogP contribution in [0, 0.1) is 0 Å². The van der Waals surface area contributed by atoms with Gasteiger partial charge in [-0.1, -0.05) is 19.3 Å². The molecule has 0 fully saturated rings. The number of aliphatic carboxylic acids is 9. The Hall–Kier alpha value is -5.13. The molecule has 27 N–H and O–H groups in total. The molecule has 0 rings (SSSR count). The highest BCUT2D eigenvalue weighted by Crippen LogP contribution is 1.98. The maximum atomic E-state index is 10.1. The molecule has 336 valence electrons. The summed E-state index contributed by atoms with van der Waals surface area (Å²) in [5.41, 5.74) is 45.8. The van der Waals surface area contributed by atoms with Crippen LogP contribution < -0.4 is 51.6 Å². The van der Waals surface area contributed by atoms with Crippen molar-refractivity contribution in [3.05, 3.63) is 0 Å². The summed E-state index contributed by atoms with van der Waals surface area (Å²) in [6.07, 6.45) is 4.90. The van der Waals surface area contributed by atoms with E-state index in [0.717, 1.165) is 38.5 Å². The van der Waals surface area contributed by atoms with Crippen LogP contribution in [0.4, 0.5) is 0 Å². The van der Waals surface area contributed by atoms with E-state index < -0.39 is 109 Å². The molecule has 0 aromatic rings. The monoisotopic (exact) mass is 837 g/mol. The molecule has 0 amide bonds. The van der Waals surface area contributed by atoms with Crippen LogP contribution in [0.5, 0.6) is 0 Å². The van der Waals surface area contributed by atoms with Crippen molar-refractivity contribution in [3.8, 4) is 0 Å². The van der Waals surface area contributed by atoms with Crippen LogP contribution in [0.2, 0.25) is 0 Å². The predicted molar refractivity (Wildman–Crippen MR) is 199 cm³/mol. The van der Waals surface area contributed by atoms with E-state index in [4.69, 9.17) is 97.6 Å². The van der Waals surface area contributed by atoms with E-state index in [0.29, 0.717) is 38.9 Å². The van der Waals surface area contributed by atoms with E-state index >= 15 is 0 Å². The summed E-state index contributed by atoms with van der Waals surface area (Å²) in [5.74, 6) is -10.3. The zero-order valence-corrected chi connectivity index (χ0v) is 31.5. The molecule has 0 aliphatic rings. The lowest BCUT2D eigenvalue weighted by molar-refractivity contribution is -0.144. The second-order valence-electron chi connectivity index (χ2n) is 11.3. The average Bonchev–Trinajstić information content (AvgIpc) is 3.08. The smallest absolute Gasteiger partial charge is 0.321 e. The molecule has 0 saturated carbocycles. The molecule has 0 aromatic carbocycles. The first-order chi connectivity index (χ1) is 26.2. The topological polar surface area (TPSA) is 570 Å². The van der Waals surface area contributed by atoms with Gasteiger partial charge in [0, 0.05) is 0 Å². The summed E-state index contributed by atoms with van der Waals surface area (Å²) < 4.78 is 0. The Morgan fingerprint density at radius 3 is 0.544 bits per heavy atom. The van der Waals surface area contributed by atoms with Gasteiger partial charge in [-0.05, 0) is 58.2 Å². The number of carboxylic acid groups (broad SMARTS) is 9. The summed E-state index contributed by atoms with van der Waals surface area (Å²) in [6, 6.07) is -6.02. The van der Waals surface area contributed by atoms with Gasteiger partial charge in [-0.3, -0.25) is 43.2 Å². The van der Waals surface area contributed by atoms with E-state index in [1.807, 2.05) is 0 Å². The Kier molecular flexibility index (Phi) is 47.0. The number of carbonyl (C=O) groups is 9. The minimum atomic E-state index is -1.29. The van der Waals surface area contributed by atoms with Crippen LogP contribution in [0.15, 0.2) is 0 Å². The van der Waals surface area contributed by atoms with Crippen LogP contribution in [0.3, 0.4) is 0 Å². The van der Waals surface area contributed by atoms with Gasteiger partial charge in [0.25, 0.3) is 0 Å². The highest BCUT2D eigenvalue weighted by atomic mass is 16.4. The van der Waals surface area contributed by atoms with Crippen LogP contribution in [0.1, 0.15) is 77.0 Å². The Morgan fingerprint density at radius 2 is 0.456 bits per heavy atom. The molecule has 27 nitrogen and oxygen atoms in total. The maximum absolute atomic E-state index is 10.1. The van der Waals surface area contributed by atoms with Crippen molar-refractivity contribution in [3.63, 3.8) is 0 Å². The molecule has 57 heavy (non-hydrogen) atoms. The van der Waals surface area contributed by atoms with Gasteiger partial charge in [0.2, 0.25) is 0 Å². The molecule has 0 aliphatic heterocycles. The molecule has 0 aromatic heterocycles. The van der Waals surface area contributed by atoms with Crippen LogP contribution in [-0.2, 0) is 43.2 Å². The minimum absolute atomic E-state index is 0.520. The fourth-order valence-corrected chi connectivity index (χ4v) is 2.72. The summed E-state index contributed by atoms with van der Waals surface area (Å²) >= 11 is 0. The van der Waals surface area contributed by atoms with Gasteiger partial charge < -0.3 is 97.6 Å². The maximum Gasteiger partial charge on any atom is 0.321 e. The third-order valence-electron chi connectivity index (χ3n) is 5.99. The standard InChI is InChI=1S/3C6H14N2O2.3C4H7NO4/c3*7-4-2-1-3-5(8)6(9)10;3*5-2(4(8)9)1-3(6)7/h3*5H,1-4,7-8H2,(H,9,10);3*2H,1,5H2,(H,6,7)(H,8,9)/t3*5-;3*2-/m000000/s1. The molecule has 27 heteroatoms. The molecule has 0 bridgehead atoms. The number of carboxylic acids is 9. The van der Waals surface area contributed by atoms with Crippen molar-refractivity contribution in [1.82, 2.24) is 0 Å². The fourth-order valence-electron chi connectivity index (χ4n) is 2.72. The lowest BCUT2D eigenvalue weighted by Gasteiger charge is -2.03. The van der Waals surface area contributed by atoms with E-state index in [2.05, 4.69) is 0 Å². The predicted octanol–water partition coefficient (Wildman–Crippen LogP) is -4.80. The van der Waals surface area contributed by atoms with E-state index in [9.17, 15) is 43.2 Å². The van der Waals surface area contributed by atoms with Gasteiger partial charge >= 0.3 is 53.7 Å². The number of hydrogen-bond donors (Lipinski definition) is 18. The number of nitrogens with two attached hydrogens (primary N) is 9. The molecular formula is C30H63N9O18. The van der Waals surface area contributed by atoms with Crippen molar-refractivity contribution in [2.75, 3.05) is 19.6 Å². The van der Waals surface area contributed by atoms with Crippen LogP contribution >= 0.6 is 0 Å². The summed E-state index contributed by atoms with van der Waals surface area (Å²) in [5, 5.41) is 73.1. The van der Waals surface area contributed by atoms with Crippen molar-refractivity contribution in [1.29, 1.82) is 0 Å². The first-order valence-corrected chi connectivity index (χ1v) is 16.8. The first-order valence-electron chi connectivity index (χ1n) is 16.8. The number of unbranched alkanes of at least 4 members (excludes halogenated alkanes) is 3. The van der Waals surface area contributed by atoms with E-state index in [1.165, 1.54) is 0 Å². The van der Waals surface area contributed by atoms with Crippen molar-refractivity contribution in [2.45, 2.75) is 113 Å². The fraction of sp³-hybridized carbons (Fsp3) is 0.700. The number of rotatable bonds is 24. The molecular weight excluding hydrogens is 774 g/mol. The third-order valence-corrected chi connectivity index (χ3v) is 5.99. The normalized spacial score (nSPS) is 12.8. The highest BCUT2D eigenvalue weighted by Gasteiger charge is 2.16. The number of hydrogen-bond acceptors (Lipinski definition) is 18. The third kappa shape index (κ3) is 57.7. The van der Waals surface area contributed by atoms with Crippen molar-refractivity contribution in [2.24, 2.45) is 51.6 Å². The summed E-state index contributed by atoms with van der Waals surface area (Å²) in [7, 11) is 0. The molecule has 0 aliphatic carbocycles. The first kappa shape index (κ1) is 63.8. The molecule has 6 atom stereocenters.